The first-order chi connectivity index (χ1) is 12.6. The maximum atomic E-state index is 12.4. The number of primary amides is 1. The number of hydrogen-bond acceptors (Lipinski definition) is 10. The number of amides is 3. The molecule has 1 aromatic heterocycles. The van der Waals surface area contributed by atoms with Crippen molar-refractivity contribution in [2.24, 2.45) is 10.9 Å². The van der Waals surface area contributed by atoms with Gasteiger partial charge in [0, 0.05) is 11.5 Å². The predicted molar refractivity (Wildman–Crippen MR) is 92.5 cm³/mol. The number of aromatic nitrogens is 1. The van der Waals surface area contributed by atoms with Gasteiger partial charge in [0.25, 0.3) is 11.8 Å². The quantitative estimate of drug-likeness (QED) is 0.122. The van der Waals surface area contributed by atoms with Crippen molar-refractivity contribution in [2.75, 3.05) is 12.8 Å². The Morgan fingerprint density at radius 2 is 2.19 bits per heavy atom. The Kier molecular flexibility index (Phi) is 5.77. The van der Waals surface area contributed by atoms with Crippen LogP contribution in [0.2, 0.25) is 0 Å². The topological polar surface area (TPSA) is 207 Å². The van der Waals surface area contributed by atoms with E-state index in [0.29, 0.717) is 0 Å². The highest BCUT2D eigenvalue weighted by Crippen LogP contribution is 2.25. The van der Waals surface area contributed by atoms with E-state index in [1.165, 1.54) is 12.5 Å². The summed E-state index contributed by atoms with van der Waals surface area (Å²) in [5, 5.41) is 7.33. The molecule has 15 heteroatoms. The maximum Gasteiger partial charge on any atom is 0.362 e. The highest BCUT2D eigenvalue weighted by Gasteiger charge is 2.53. The molecule has 1 fully saturated rings. The molecule has 0 spiro atoms. The molecular weight excluding hydrogens is 404 g/mol. The number of carbonyl (C=O) groups excluding carboxylic acids is 3. The van der Waals surface area contributed by atoms with Gasteiger partial charge in [-0.3, -0.25) is 18.9 Å². The molecule has 1 aromatic rings. The van der Waals surface area contributed by atoms with Crippen LogP contribution >= 0.6 is 11.3 Å². The average molecular weight is 418 g/mol. The van der Waals surface area contributed by atoms with Crippen LogP contribution in [0.5, 0.6) is 0 Å². The fourth-order valence-corrected chi connectivity index (χ4v) is 3.57. The average Bonchev–Trinajstić information content (AvgIpc) is 2.98. The summed E-state index contributed by atoms with van der Waals surface area (Å²) in [6.07, 6.45) is 1.75. The minimum Gasteiger partial charge on any atom is -0.398 e. The van der Waals surface area contributed by atoms with Crippen molar-refractivity contribution in [3.63, 3.8) is 0 Å². The second kappa shape index (κ2) is 7.68. The Morgan fingerprint density at radius 1 is 1.52 bits per heavy atom. The number of thiazole rings is 1. The summed E-state index contributed by atoms with van der Waals surface area (Å²) in [7, 11) is -3.74. The fourth-order valence-electron chi connectivity index (χ4n) is 2.18. The van der Waals surface area contributed by atoms with E-state index in [1.54, 1.807) is 0 Å². The summed E-state index contributed by atoms with van der Waals surface area (Å²) >= 11 is 1.03. The third kappa shape index (κ3) is 4.39. The number of nitrogens with zero attached hydrogens (tertiary/aromatic N) is 3. The zero-order chi connectivity index (χ0) is 20.4. The van der Waals surface area contributed by atoms with E-state index in [9.17, 15) is 22.8 Å². The van der Waals surface area contributed by atoms with Gasteiger partial charge in [-0.05, 0) is 0 Å². The maximum absolute atomic E-state index is 12.4. The van der Waals surface area contributed by atoms with Gasteiger partial charge in [0.2, 0.25) is 5.91 Å². The van der Waals surface area contributed by atoms with Crippen LogP contribution in [0.4, 0.5) is 5.13 Å². The van der Waals surface area contributed by atoms with E-state index < -0.39 is 40.1 Å². The third-order valence-electron chi connectivity index (χ3n) is 3.25. The molecule has 1 aliphatic heterocycles. The first-order valence-corrected chi connectivity index (χ1v) is 9.25. The SMILES string of the molecule is CON=C(C(=O)N[C@@H]1C(=O)N(S(=O)(=O)O)[C@H]1C=CC(N)=O)c1csc(N)n1. The Bertz CT molecular complexity index is 938. The van der Waals surface area contributed by atoms with Crippen molar-refractivity contribution < 1.29 is 32.2 Å². The van der Waals surface area contributed by atoms with E-state index in [2.05, 4.69) is 20.3 Å². The molecule has 2 rings (SSSR count). The van der Waals surface area contributed by atoms with Crippen LogP contribution < -0.4 is 16.8 Å². The summed E-state index contributed by atoms with van der Waals surface area (Å²) in [6.45, 7) is 0. The van der Waals surface area contributed by atoms with Crippen LogP contribution in [0.1, 0.15) is 5.69 Å². The zero-order valence-corrected chi connectivity index (χ0v) is 15.2. The van der Waals surface area contributed by atoms with Crippen molar-refractivity contribution >= 4 is 50.2 Å². The van der Waals surface area contributed by atoms with Crippen LogP contribution in [-0.4, -0.2) is 64.9 Å². The largest absolute Gasteiger partial charge is 0.398 e. The van der Waals surface area contributed by atoms with Gasteiger partial charge in [-0.1, -0.05) is 11.2 Å². The van der Waals surface area contributed by atoms with Crippen LogP contribution in [-0.2, 0) is 29.5 Å². The first-order valence-electron chi connectivity index (χ1n) is 6.98. The summed E-state index contributed by atoms with van der Waals surface area (Å²) < 4.78 is 31.8. The minimum atomic E-state index is -4.91. The lowest BCUT2D eigenvalue weighted by molar-refractivity contribution is -0.142. The molecule has 1 saturated heterocycles. The van der Waals surface area contributed by atoms with Gasteiger partial charge < -0.3 is 21.6 Å². The second-order valence-corrected chi connectivity index (χ2v) is 7.19. The van der Waals surface area contributed by atoms with Crippen LogP contribution in [0.15, 0.2) is 22.7 Å². The predicted octanol–water partition coefficient (Wildman–Crippen LogP) is -2.38. The van der Waals surface area contributed by atoms with Crippen molar-refractivity contribution in [1.82, 2.24) is 14.6 Å². The lowest BCUT2D eigenvalue weighted by Gasteiger charge is -2.42. The van der Waals surface area contributed by atoms with E-state index >= 15 is 0 Å². The van der Waals surface area contributed by atoms with Crippen molar-refractivity contribution in [3.05, 3.63) is 23.2 Å². The molecule has 0 aromatic carbocycles. The third-order valence-corrected chi connectivity index (χ3v) is 4.85. The van der Waals surface area contributed by atoms with Gasteiger partial charge in [-0.25, -0.2) is 9.29 Å². The van der Waals surface area contributed by atoms with Crippen LogP contribution in [0.25, 0.3) is 0 Å². The lowest BCUT2D eigenvalue weighted by Crippen LogP contribution is -2.71. The second-order valence-electron chi connectivity index (χ2n) is 5.01. The number of nitrogens with two attached hydrogens (primary N) is 2. The normalized spacial score (nSPS) is 20.4. The van der Waals surface area contributed by atoms with Gasteiger partial charge in [-0.2, -0.15) is 8.42 Å². The van der Waals surface area contributed by atoms with E-state index in [4.69, 9.17) is 16.0 Å². The van der Waals surface area contributed by atoms with Gasteiger partial charge in [0.15, 0.2) is 10.8 Å². The molecule has 27 heavy (non-hydrogen) atoms. The molecule has 2 heterocycles. The van der Waals surface area contributed by atoms with Gasteiger partial charge in [0.05, 0.1) is 6.04 Å². The van der Waals surface area contributed by atoms with Gasteiger partial charge in [0.1, 0.15) is 18.8 Å². The Morgan fingerprint density at radius 3 is 2.67 bits per heavy atom. The molecule has 146 valence electrons. The van der Waals surface area contributed by atoms with E-state index in [-0.39, 0.29) is 20.8 Å². The van der Waals surface area contributed by atoms with E-state index in [1.807, 2.05) is 0 Å². The molecule has 0 radical (unpaired) electrons. The number of anilines is 1. The lowest BCUT2D eigenvalue weighted by atomic mass is 9.97. The molecule has 1 aliphatic rings. The fraction of sp³-hybridized carbons (Fsp3) is 0.250. The molecule has 0 unspecified atom stereocenters. The standard InChI is InChI=1S/C12H14N6O7S2/c1-25-17-8(5-4-26-12(14)15-5)10(20)16-9-6(2-3-7(13)19)18(11(9)21)27(22,23)24/h2-4,6,9H,1H3,(H2,13,19)(H2,14,15)(H,16,20)(H,22,23,24)/t6-,9-/m0/s1. The summed E-state index contributed by atoms with van der Waals surface area (Å²) in [4.78, 5) is 43.8. The minimum absolute atomic E-state index is 0.0690. The number of hydrogen-bond donors (Lipinski definition) is 4. The molecule has 0 saturated carbocycles. The summed E-state index contributed by atoms with van der Waals surface area (Å²) in [5.74, 6) is -2.97. The van der Waals surface area contributed by atoms with Gasteiger partial charge >= 0.3 is 10.3 Å². The smallest absolute Gasteiger partial charge is 0.362 e. The summed E-state index contributed by atoms with van der Waals surface area (Å²) in [5.41, 5.74) is 10.2. The zero-order valence-electron chi connectivity index (χ0n) is 13.6. The number of β-lactam (4-membered cyclic amide) rings is 1. The molecular formula is C12H14N6O7S2. The van der Waals surface area contributed by atoms with Crippen molar-refractivity contribution in [1.29, 1.82) is 0 Å². The monoisotopic (exact) mass is 418 g/mol. The molecule has 0 bridgehead atoms. The molecule has 3 amide bonds. The van der Waals surface area contributed by atoms with E-state index in [0.717, 1.165) is 23.5 Å². The first kappa shape index (κ1) is 20.3. The summed E-state index contributed by atoms with van der Waals surface area (Å²) in [6, 6.07) is -2.78. The Labute approximate surface area is 156 Å². The van der Waals surface area contributed by atoms with Crippen LogP contribution in [0.3, 0.4) is 0 Å². The molecule has 13 nitrogen and oxygen atoms in total. The number of rotatable bonds is 7. The van der Waals surface area contributed by atoms with Crippen LogP contribution in [0, 0.1) is 0 Å². The Balaban J connectivity index is 2.27. The number of nitrogen functional groups attached to an aromatic ring is 1. The number of carbonyl (C=O) groups is 3. The highest BCUT2D eigenvalue weighted by molar-refractivity contribution is 7.84. The molecule has 2 atom stereocenters. The number of oxime groups is 1. The molecule has 0 aliphatic carbocycles. The van der Waals surface area contributed by atoms with Crippen molar-refractivity contribution in [2.45, 2.75) is 12.1 Å². The Hall–Kier alpha value is -3.04. The molecule has 6 N–H and O–H groups in total. The van der Waals surface area contributed by atoms with Gasteiger partial charge in [-0.15, -0.1) is 11.3 Å². The van der Waals surface area contributed by atoms with Crippen molar-refractivity contribution in [3.8, 4) is 0 Å². The number of nitrogens with one attached hydrogen (secondary N) is 1. The highest BCUT2D eigenvalue weighted by atomic mass is 32.2.